The van der Waals surface area contributed by atoms with E-state index in [0.29, 0.717) is 56.0 Å². The molecule has 2 amide bonds. The topological polar surface area (TPSA) is 220 Å². The Labute approximate surface area is 389 Å². The Bertz CT molecular complexity index is 2940. The Hall–Kier alpha value is -5.56. The maximum atomic E-state index is 13.8. The summed E-state index contributed by atoms with van der Waals surface area (Å²) in [6.45, 7) is 1.21. The molecule has 7 heterocycles. The van der Waals surface area contributed by atoms with Crippen molar-refractivity contribution in [3.05, 3.63) is 117 Å². The van der Waals surface area contributed by atoms with Gasteiger partial charge in [-0.15, -0.1) is 22.7 Å². The smallest absolute Gasteiger partial charge is 0.265 e. The Morgan fingerprint density at radius 2 is 1.37 bits per heavy atom. The van der Waals surface area contributed by atoms with Crippen LogP contribution in [0, 0.1) is 11.6 Å². The van der Waals surface area contributed by atoms with Gasteiger partial charge in [-0.25, -0.2) is 45.6 Å². The summed E-state index contributed by atoms with van der Waals surface area (Å²) in [7, 11) is -7.69. The average Bonchev–Trinajstić information content (AvgIpc) is 4.16. The highest BCUT2D eigenvalue weighted by atomic mass is 35.5. The molecule has 0 unspecified atom stereocenters. The van der Waals surface area contributed by atoms with Gasteiger partial charge >= 0.3 is 0 Å². The number of carbonyl (C=O) groups is 2. The van der Waals surface area contributed by atoms with Gasteiger partial charge in [0.15, 0.2) is 10.3 Å². The lowest BCUT2D eigenvalue weighted by Gasteiger charge is -2.29. The first-order valence-electron chi connectivity index (χ1n) is 19.6. The number of aromatic nitrogens is 4. The second-order valence-electron chi connectivity index (χ2n) is 14.5. The van der Waals surface area contributed by atoms with E-state index in [1.165, 1.54) is 66.3 Å². The Morgan fingerprint density at radius 1 is 0.785 bits per heavy atom. The van der Waals surface area contributed by atoms with Gasteiger partial charge in [0.05, 0.1) is 10.0 Å². The van der Waals surface area contributed by atoms with Gasteiger partial charge in [-0.3, -0.25) is 23.9 Å². The van der Waals surface area contributed by atoms with Crippen molar-refractivity contribution in [1.29, 1.82) is 0 Å². The van der Waals surface area contributed by atoms with E-state index in [1.807, 2.05) is 4.90 Å². The van der Waals surface area contributed by atoms with Crippen LogP contribution in [0.4, 0.5) is 42.1 Å². The molecule has 340 valence electrons. The molecule has 65 heavy (non-hydrogen) atoms. The predicted octanol–water partition coefficient (Wildman–Crippen LogP) is 6.18. The van der Waals surface area contributed by atoms with Gasteiger partial charge in [-0.1, -0.05) is 23.2 Å². The maximum Gasteiger partial charge on any atom is 0.265 e. The van der Waals surface area contributed by atoms with Crippen molar-refractivity contribution < 1.29 is 40.3 Å². The monoisotopic (exact) mass is 1000 g/mol. The Morgan fingerprint density at radius 3 is 1.92 bits per heavy atom. The minimum atomic E-state index is -3.87. The largest absolute Gasteiger partial charge is 0.396 e. The number of amides is 2. The molecule has 0 radical (unpaired) electrons. The van der Waals surface area contributed by atoms with Crippen molar-refractivity contribution >= 4 is 111 Å². The van der Waals surface area contributed by atoms with E-state index in [4.69, 9.17) is 23.2 Å². The van der Waals surface area contributed by atoms with Gasteiger partial charge in [-0.05, 0) is 85.3 Å². The highest BCUT2D eigenvalue weighted by molar-refractivity contribution is 7.93. The first kappa shape index (κ1) is 46.0. The predicted molar refractivity (Wildman–Crippen MR) is 244 cm³/mol. The normalized spacial score (nSPS) is 16.2. The molecule has 2 aromatic carbocycles. The number of halogens is 4. The highest BCUT2D eigenvalue weighted by Gasteiger charge is 2.40. The lowest BCUT2D eigenvalue weighted by atomic mass is 10.1. The van der Waals surface area contributed by atoms with Crippen LogP contribution in [0.2, 0.25) is 10.0 Å². The number of rotatable bonds is 13. The van der Waals surface area contributed by atoms with Crippen LogP contribution < -0.4 is 29.5 Å². The van der Waals surface area contributed by atoms with Gasteiger partial charge in [0.2, 0.25) is 5.91 Å². The number of nitrogens with zero attached hydrogens (tertiary/aromatic N) is 7. The molecule has 4 N–H and O–H groups in total. The maximum absolute atomic E-state index is 13.8. The van der Waals surface area contributed by atoms with Crippen LogP contribution in [0.3, 0.4) is 0 Å². The molecule has 17 nitrogen and oxygen atoms in total. The summed E-state index contributed by atoms with van der Waals surface area (Å²) in [5.41, 5.74) is 2.75. The Balaban J connectivity index is 0.000000177. The van der Waals surface area contributed by atoms with E-state index in [9.17, 15) is 40.3 Å². The summed E-state index contributed by atoms with van der Waals surface area (Å²) in [6, 6.07) is 10.2. The fraction of sp³-hybridized carbons (Fsp3) is 0.250. The first-order valence-corrected chi connectivity index (χ1v) is 25.1. The van der Waals surface area contributed by atoms with Crippen LogP contribution in [0.5, 0.6) is 0 Å². The molecule has 0 aliphatic carbocycles. The molecule has 3 aliphatic heterocycles. The number of hydrogen-bond acceptors (Lipinski definition) is 15. The molecule has 0 saturated carbocycles. The van der Waals surface area contributed by atoms with Crippen LogP contribution in [-0.4, -0.2) is 92.0 Å². The second-order valence-corrected chi connectivity index (χ2v) is 20.4. The van der Waals surface area contributed by atoms with Crippen molar-refractivity contribution in [2.24, 2.45) is 0 Å². The molecular weight excluding hydrogens is 970 g/mol. The molecule has 9 rings (SSSR count). The molecule has 0 bridgehead atoms. The lowest BCUT2D eigenvalue weighted by Crippen LogP contribution is -2.44. The number of pyridine rings is 2. The SMILES string of the molecule is O=C(Nc1ccc(S(=O)(=O)Nc2nccs2)cn1)[C@H](CCO)N1CCc2c1ccc(F)c2Cl.O=C1[C@@H](N2CCc3c2ccc(F)c3Cl)CCN1c1ccc(S(=O)(=O)Nc2nccs2)cn1. The van der Waals surface area contributed by atoms with Gasteiger partial charge in [0.25, 0.3) is 26.0 Å². The zero-order chi connectivity index (χ0) is 46.0. The zero-order valence-electron chi connectivity index (χ0n) is 33.6. The molecule has 1 fully saturated rings. The third-order valence-electron chi connectivity index (χ3n) is 10.7. The molecule has 3 aliphatic rings. The molecule has 0 spiro atoms. The minimum Gasteiger partial charge on any atom is -0.396 e. The summed E-state index contributed by atoms with van der Waals surface area (Å²) in [4.78, 5) is 47.3. The van der Waals surface area contributed by atoms with Crippen molar-refractivity contribution in [2.45, 2.75) is 47.6 Å². The van der Waals surface area contributed by atoms with E-state index in [0.717, 1.165) is 28.8 Å². The number of sulfonamides is 2. The number of benzene rings is 2. The fourth-order valence-corrected chi connectivity index (χ4v) is 11.6. The van der Waals surface area contributed by atoms with Crippen LogP contribution in [-0.2, 0) is 42.5 Å². The summed E-state index contributed by atoms with van der Waals surface area (Å²) in [6.07, 6.45) is 7.07. The van der Waals surface area contributed by atoms with Crippen molar-refractivity contribution in [2.75, 3.05) is 55.7 Å². The first-order chi connectivity index (χ1) is 31.1. The molecule has 4 aromatic heterocycles. The van der Waals surface area contributed by atoms with E-state index in [-0.39, 0.29) is 54.9 Å². The number of anilines is 6. The van der Waals surface area contributed by atoms with Crippen molar-refractivity contribution in [3.63, 3.8) is 0 Å². The Kier molecular flexibility index (Phi) is 13.5. The van der Waals surface area contributed by atoms with Gasteiger partial charge in [0, 0.05) is 73.2 Å². The lowest BCUT2D eigenvalue weighted by molar-refractivity contribution is -0.118. The molecule has 1 saturated heterocycles. The molecule has 6 aromatic rings. The van der Waals surface area contributed by atoms with E-state index in [1.54, 1.807) is 32.7 Å². The van der Waals surface area contributed by atoms with Gasteiger partial charge in [0.1, 0.15) is 45.1 Å². The number of carbonyl (C=O) groups excluding carboxylic acids is 2. The van der Waals surface area contributed by atoms with E-state index in [2.05, 4.69) is 34.7 Å². The standard InChI is InChI=1S/C20H19ClFN5O4S2.C20H17ClFN5O3S2/c21-18-13-5-8-27(15(13)3-2-14(18)22)16(6-9-28)19(29)25-17-4-1-12(11-24-17)33(30,31)26-20-23-7-10-32-20;21-18-13-5-8-26(15(13)3-2-14(18)22)16-6-9-27(19(16)28)17-4-1-12(11-24-17)32(29,30)25-20-23-7-10-31-20/h1-4,7,10-11,16,28H,5-6,8-9H2,(H,23,26)(H,24,25,29);1-4,7,10-11,16H,5-6,8-9H2,(H,23,25)/t2*16-/m00/s1. The van der Waals surface area contributed by atoms with E-state index < -0.39 is 49.7 Å². The number of thiazole rings is 2. The molecule has 2 atom stereocenters. The number of hydrogen-bond donors (Lipinski definition) is 4. The highest BCUT2D eigenvalue weighted by Crippen LogP contribution is 2.39. The average molecular weight is 1010 g/mol. The molecular formula is C40H36Cl2F2N10O7S4. The third kappa shape index (κ3) is 9.71. The van der Waals surface area contributed by atoms with Crippen LogP contribution in [0.15, 0.2) is 93.9 Å². The number of aliphatic hydroxyl groups is 1. The fourth-order valence-electron chi connectivity index (χ4n) is 7.67. The van der Waals surface area contributed by atoms with Crippen molar-refractivity contribution in [1.82, 2.24) is 19.9 Å². The van der Waals surface area contributed by atoms with Crippen LogP contribution in [0.1, 0.15) is 24.0 Å². The second kappa shape index (κ2) is 19.1. The summed E-state index contributed by atoms with van der Waals surface area (Å²) >= 11 is 14.5. The van der Waals surface area contributed by atoms with Crippen LogP contribution in [0.25, 0.3) is 0 Å². The van der Waals surface area contributed by atoms with Gasteiger partial charge < -0.3 is 20.2 Å². The van der Waals surface area contributed by atoms with Crippen LogP contribution >= 0.6 is 45.9 Å². The minimum absolute atomic E-state index is 0.0233. The number of aliphatic hydroxyl groups excluding tert-OH is 1. The zero-order valence-corrected chi connectivity index (χ0v) is 38.3. The number of nitrogens with one attached hydrogen (secondary N) is 3. The third-order valence-corrected chi connectivity index (χ3v) is 15.8. The number of fused-ring (bicyclic) bond motifs is 2. The van der Waals surface area contributed by atoms with Gasteiger partial charge in [-0.2, -0.15) is 0 Å². The quantitative estimate of drug-likeness (QED) is 0.102. The van der Waals surface area contributed by atoms with Crippen molar-refractivity contribution in [3.8, 4) is 0 Å². The van der Waals surface area contributed by atoms with E-state index >= 15 is 0 Å². The summed E-state index contributed by atoms with van der Waals surface area (Å²) < 4.78 is 82.1. The molecule has 25 heteroatoms. The summed E-state index contributed by atoms with van der Waals surface area (Å²) in [5, 5.41) is 16.1. The summed E-state index contributed by atoms with van der Waals surface area (Å²) in [5.74, 6) is -1.04.